The van der Waals surface area contributed by atoms with E-state index in [9.17, 15) is 9.59 Å². The lowest BCUT2D eigenvalue weighted by Crippen LogP contribution is -2.20. The third kappa shape index (κ3) is 7.52. The minimum Gasteiger partial charge on any atom is -0.484 e. The smallest absolute Gasteiger partial charge is 0.262 e. The van der Waals surface area contributed by atoms with Crippen molar-refractivity contribution in [3.8, 4) is 5.75 Å². The van der Waals surface area contributed by atoms with Crippen molar-refractivity contribution in [3.63, 3.8) is 0 Å². The quantitative estimate of drug-likeness (QED) is 0.622. The molecule has 27 heavy (non-hydrogen) atoms. The summed E-state index contributed by atoms with van der Waals surface area (Å²) in [6, 6.07) is 13.0. The Morgan fingerprint density at radius 2 is 1.52 bits per heavy atom. The largest absolute Gasteiger partial charge is 0.484 e. The molecule has 0 radical (unpaired) electrons. The van der Waals surface area contributed by atoms with E-state index in [-0.39, 0.29) is 18.4 Å². The van der Waals surface area contributed by atoms with Crippen LogP contribution in [0.15, 0.2) is 42.5 Å². The molecule has 2 N–H and O–H groups in total. The summed E-state index contributed by atoms with van der Waals surface area (Å²) < 4.78 is 5.57. The van der Waals surface area contributed by atoms with E-state index in [4.69, 9.17) is 4.74 Å². The Bertz CT molecular complexity index is 767. The van der Waals surface area contributed by atoms with Gasteiger partial charge in [-0.2, -0.15) is 0 Å². The summed E-state index contributed by atoms with van der Waals surface area (Å²) in [6.45, 7) is 6.01. The van der Waals surface area contributed by atoms with Crippen LogP contribution >= 0.6 is 0 Å². The fraction of sp³-hybridized carbons (Fsp3) is 0.364. The van der Waals surface area contributed by atoms with Gasteiger partial charge in [0.2, 0.25) is 5.91 Å². The summed E-state index contributed by atoms with van der Waals surface area (Å²) in [5, 5.41) is 5.66. The van der Waals surface area contributed by atoms with Gasteiger partial charge in [0.05, 0.1) is 0 Å². The molecule has 0 spiro atoms. The van der Waals surface area contributed by atoms with E-state index in [0.717, 1.165) is 30.4 Å². The van der Waals surface area contributed by atoms with E-state index >= 15 is 0 Å². The predicted molar refractivity (Wildman–Crippen MR) is 109 cm³/mol. The number of amides is 2. The molecule has 0 saturated heterocycles. The highest BCUT2D eigenvalue weighted by atomic mass is 16.5. The summed E-state index contributed by atoms with van der Waals surface area (Å²) in [7, 11) is 0. The number of unbranched alkanes of at least 4 members (excludes halogenated alkanes) is 2. The maximum atomic E-state index is 12.1. The number of benzene rings is 2. The van der Waals surface area contributed by atoms with Gasteiger partial charge in [0.25, 0.3) is 5.91 Å². The van der Waals surface area contributed by atoms with Crippen LogP contribution in [0.25, 0.3) is 0 Å². The summed E-state index contributed by atoms with van der Waals surface area (Å²) >= 11 is 0. The van der Waals surface area contributed by atoms with E-state index in [1.807, 2.05) is 26.0 Å². The lowest BCUT2D eigenvalue weighted by molar-refractivity contribution is -0.118. The van der Waals surface area contributed by atoms with Crippen LogP contribution in [0.5, 0.6) is 5.75 Å². The van der Waals surface area contributed by atoms with Crippen molar-refractivity contribution in [2.45, 2.75) is 46.5 Å². The van der Waals surface area contributed by atoms with E-state index in [1.165, 1.54) is 0 Å². The molecule has 5 nitrogen and oxygen atoms in total. The van der Waals surface area contributed by atoms with E-state index < -0.39 is 0 Å². The summed E-state index contributed by atoms with van der Waals surface area (Å²) in [5.41, 5.74) is 3.47. The highest BCUT2D eigenvalue weighted by Crippen LogP contribution is 2.18. The van der Waals surface area contributed by atoms with Gasteiger partial charge in [0.15, 0.2) is 6.61 Å². The molecular weight excluding hydrogens is 340 g/mol. The lowest BCUT2D eigenvalue weighted by Gasteiger charge is -2.10. The molecule has 0 aromatic heterocycles. The first-order valence-electron chi connectivity index (χ1n) is 9.37. The zero-order valence-electron chi connectivity index (χ0n) is 16.3. The Morgan fingerprint density at radius 1 is 0.889 bits per heavy atom. The van der Waals surface area contributed by atoms with Gasteiger partial charge >= 0.3 is 0 Å². The highest BCUT2D eigenvalue weighted by molar-refractivity contribution is 5.94. The maximum Gasteiger partial charge on any atom is 0.262 e. The molecule has 144 valence electrons. The highest BCUT2D eigenvalue weighted by Gasteiger charge is 2.07. The molecule has 5 heteroatoms. The number of ether oxygens (including phenoxy) is 1. The molecular formula is C22H28N2O3. The van der Waals surface area contributed by atoms with Crippen LogP contribution in [0.4, 0.5) is 11.4 Å². The molecule has 2 rings (SSSR count). The number of carbonyl (C=O) groups excluding carboxylic acids is 2. The van der Waals surface area contributed by atoms with Crippen LogP contribution in [-0.2, 0) is 9.59 Å². The lowest BCUT2D eigenvalue weighted by atomic mass is 10.1. The number of aryl methyl sites for hydroxylation is 2. The summed E-state index contributed by atoms with van der Waals surface area (Å²) in [4.78, 5) is 24.1. The Balaban J connectivity index is 1.85. The monoisotopic (exact) mass is 368 g/mol. The molecule has 0 atom stereocenters. The zero-order chi connectivity index (χ0) is 19.6. The third-order valence-corrected chi connectivity index (χ3v) is 4.00. The molecule has 0 aliphatic rings. The maximum absolute atomic E-state index is 12.1. The average Bonchev–Trinajstić information content (AvgIpc) is 2.60. The first-order valence-corrected chi connectivity index (χ1v) is 9.37. The van der Waals surface area contributed by atoms with E-state index in [0.29, 0.717) is 23.5 Å². The zero-order valence-corrected chi connectivity index (χ0v) is 16.3. The van der Waals surface area contributed by atoms with E-state index in [2.05, 4.69) is 23.6 Å². The Labute approximate surface area is 161 Å². The number of hydrogen-bond donors (Lipinski definition) is 2. The molecule has 0 unspecified atom stereocenters. The topological polar surface area (TPSA) is 67.4 Å². The third-order valence-electron chi connectivity index (χ3n) is 4.00. The van der Waals surface area contributed by atoms with Crippen molar-refractivity contribution in [1.29, 1.82) is 0 Å². The summed E-state index contributed by atoms with van der Waals surface area (Å²) in [5.74, 6) is 0.418. The normalized spacial score (nSPS) is 10.3. The Morgan fingerprint density at radius 3 is 2.15 bits per heavy atom. The van der Waals surface area contributed by atoms with Crippen LogP contribution in [0.3, 0.4) is 0 Å². The minimum absolute atomic E-state index is 0.00919. The van der Waals surface area contributed by atoms with Crippen molar-refractivity contribution in [3.05, 3.63) is 53.6 Å². The molecule has 0 aliphatic carbocycles. The number of hydrogen-bond acceptors (Lipinski definition) is 3. The number of nitrogens with one attached hydrogen (secondary N) is 2. The first kappa shape index (κ1) is 20.5. The van der Waals surface area contributed by atoms with Crippen molar-refractivity contribution in [2.24, 2.45) is 0 Å². The van der Waals surface area contributed by atoms with Gasteiger partial charge in [-0.25, -0.2) is 0 Å². The molecule has 0 bridgehead atoms. The Hall–Kier alpha value is -2.82. The average molecular weight is 368 g/mol. The second kappa shape index (κ2) is 10.4. The predicted octanol–water partition coefficient (Wildman–Crippen LogP) is 4.84. The molecule has 0 aliphatic heterocycles. The second-order valence-electron chi connectivity index (χ2n) is 6.75. The van der Waals surface area contributed by atoms with Gasteiger partial charge in [-0.1, -0.05) is 31.9 Å². The van der Waals surface area contributed by atoms with Crippen molar-refractivity contribution in [2.75, 3.05) is 17.2 Å². The Kier molecular flexibility index (Phi) is 7.86. The van der Waals surface area contributed by atoms with E-state index in [1.54, 1.807) is 24.3 Å². The molecule has 2 amide bonds. The van der Waals surface area contributed by atoms with Crippen LogP contribution < -0.4 is 15.4 Å². The van der Waals surface area contributed by atoms with Crippen molar-refractivity contribution >= 4 is 23.2 Å². The van der Waals surface area contributed by atoms with Gasteiger partial charge in [-0.3, -0.25) is 9.59 Å². The van der Waals surface area contributed by atoms with Crippen LogP contribution in [0, 0.1) is 13.8 Å². The molecule has 0 saturated carbocycles. The van der Waals surface area contributed by atoms with Gasteiger partial charge < -0.3 is 15.4 Å². The SMILES string of the molecule is CCCCCC(=O)Nc1cccc(NC(=O)COc2cc(C)cc(C)c2)c1. The van der Waals surface area contributed by atoms with Crippen LogP contribution in [0.1, 0.15) is 43.7 Å². The van der Waals surface area contributed by atoms with Crippen LogP contribution in [0.2, 0.25) is 0 Å². The fourth-order valence-corrected chi connectivity index (χ4v) is 2.80. The second-order valence-corrected chi connectivity index (χ2v) is 6.75. The number of rotatable bonds is 9. The van der Waals surface area contributed by atoms with Crippen molar-refractivity contribution < 1.29 is 14.3 Å². The van der Waals surface area contributed by atoms with Crippen molar-refractivity contribution in [1.82, 2.24) is 0 Å². The number of carbonyl (C=O) groups is 2. The molecule has 2 aromatic rings. The van der Waals surface area contributed by atoms with Gasteiger partial charge in [-0.05, 0) is 61.7 Å². The number of anilines is 2. The minimum atomic E-state index is -0.249. The summed E-state index contributed by atoms with van der Waals surface area (Å²) in [6.07, 6.45) is 3.52. The van der Waals surface area contributed by atoms with Crippen LogP contribution in [-0.4, -0.2) is 18.4 Å². The van der Waals surface area contributed by atoms with Gasteiger partial charge in [0, 0.05) is 17.8 Å². The molecule has 0 heterocycles. The molecule has 0 fully saturated rings. The van der Waals surface area contributed by atoms with Gasteiger partial charge in [-0.15, -0.1) is 0 Å². The van der Waals surface area contributed by atoms with Gasteiger partial charge in [0.1, 0.15) is 5.75 Å². The fourth-order valence-electron chi connectivity index (χ4n) is 2.80. The molecule has 2 aromatic carbocycles. The first-order chi connectivity index (χ1) is 13.0. The standard InChI is InChI=1S/C22H28N2O3/c1-4-5-6-10-21(25)23-18-8-7-9-19(14-18)24-22(26)15-27-20-12-16(2)11-17(3)13-20/h7-9,11-14H,4-6,10,15H2,1-3H3,(H,23,25)(H,24,26).